The molecule has 2 N–H and O–H groups in total. The highest BCUT2D eigenvalue weighted by Crippen LogP contribution is 2.26. The molecule has 0 fully saturated rings. The number of nitrogens with one attached hydrogen (secondary N) is 1. The molecule has 10 heteroatoms. The van der Waals surface area contributed by atoms with Crippen molar-refractivity contribution in [2.75, 3.05) is 13.1 Å². The van der Waals surface area contributed by atoms with Gasteiger partial charge in [-0.25, -0.2) is 13.6 Å². The molecular weight excluding hydrogens is 288 g/mol. The summed E-state index contributed by atoms with van der Waals surface area (Å²) < 4.78 is 50.2. The van der Waals surface area contributed by atoms with Crippen molar-refractivity contribution in [3.63, 3.8) is 0 Å². The molecule has 0 aliphatic rings. The average Bonchev–Trinajstić information content (AvgIpc) is 2.32. The SMILES string of the molecule is CC(=O)NCCN(C(=O)C(F)(F)C(F)F)C(C)C(=O)O. The van der Waals surface area contributed by atoms with Gasteiger partial charge in [-0.3, -0.25) is 9.59 Å². The number of rotatable bonds is 7. The van der Waals surface area contributed by atoms with Crippen LogP contribution in [0.15, 0.2) is 0 Å². The van der Waals surface area contributed by atoms with Crippen LogP contribution in [0.2, 0.25) is 0 Å². The first kappa shape index (κ1) is 18.1. The standard InChI is InChI=1S/C10H14F4N2O4/c1-5(7(18)19)16(4-3-15-6(2)17)9(20)10(13,14)8(11)12/h5,8H,3-4H2,1-2H3,(H,15,17)(H,18,19). The molecule has 0 aliphatic heterocycles. The summed E-state index contributed by atoms with van der Waals surface area (Å²) >= 11 is 0. The third-order valence-electron chi connectivity index (χ3n) is 2.37. The predicted molar refractivity (Wildman–Crippen MR) is 58.4 cm³/mol. The minimum absolute atomic E-state index is 0.0877. The molecule has 0 aromatic heterocycles. The number of carbonyl (C=O) groups is 3. The van der Waals surface area contributed by atoms with E-state index in [0.29, 0.717) is 0 Å². The fourth-order valence-corrected chi connectivity index (χ4v) is 1.24. The van der Waals surface area contributed by atoms with Crippen LogP contribution in [-0.2, 0) is 14.4 Å². The molecule has 0 aromatic rings. The summed E-state index contributed by atoms with van der Waals surface area (Å²) in [4.78, 5) is 32.8. The number of hydrogen-bond donors (Lipinski definition) is 2. The van der Waals surface area contributed by atoms with Crippen LogP contribution in [0.25, 0.3) is 0 Å². The van der Waals surface area contributed by atoms with Gasteiger partial charge in [0, 0.05) is 20.0 Å². The molecule has 0 heterocycles. The van der Waals surface area contributed by atoms with Crippen LogP contribution in [0, 0.1) is 0 Å². The van der Waals surface area contributed by atoms with E-state index in [0.717, 1.165) is 13.8 Å². The van der Waals surface area contributed by atoms with Crippen molar-refractivity contribution in [2.24, 2.45) is 0 Å². The maximum atomic E-state index is 13.0. The van der Waals surface area contributed by atoms with E-state index in [2.05, 4.69) is 5.32 Å². The highest BCUT2D eigenvalue weighted by atomic mass is 19.3. The Balaban J connectivity index is 5.07. The Labute approximate surface area is 111 Å². The van der Waals surface area contributed by atoms with E-state index < -0.39 is 42.7 Å². The van der Waals surface area contributed by atoms with Crippen molar-refractivity contribution in [1.29, 1.82) is 0 Å². The summed E-state index contributed by atoms with van der Waals surface area (Å²) in [6.45, 7) is 1.04. The molecule has 1 atom stereocenters. The molecule has 0 rings (SSSR count). The van der Waals surface area contributed by atoms with Crippen LogP contribution >= 0.6 is 0 Å². The van der Waals surface area contributed by atoms with Gasteiger partial charge in [0.05, 0.1) is 0 Å². The lowest BCUT2D eigenvalue weighted by Gasteiger charge is -2.29. The molecule has 0 saturated heterocycles. The molecule has 1 unspecified atom stereocenters. The fourth-order valence-electron chi connectivity index (χ4n) is 1.24. The van der Waals surface area contributed by atoms with E-state index >= 15 is 0 Å². The minimum atomic E-state index is -4.99. The lowest BCUT2D eigenvalue weighted by atomic mass is 10.2. The van der Waals surface area contributed by atoms with Gasteiger partial charge in [0.1, 0.15) is 6.04 Å². The quantitative estimate of drug-likeness (QED) is 0.663. The molecule has 2 amide bonds. The van der Waals surface area contributed by atoms with Gasteiger partial charge in [0.25, 0.3) is 5.91 Å². The normalized spacial score (nSPS) is 12.9. The third kappa shape index (κ3) is 4.67. The maximum absolute atomic E-state index is 13.0. The second-order valence-corrected chi connectivity index (χ2v) is 3.92. The smallest absolute Gasteiger partial charge is 0.383 e. The van der Waals surface area contributed by atoms with Crippen molar-refractivity contribution >= 4 is 17.8 Å². The van der Waals surface area contributed by atoms with E-state index in [1.165, 1.54) is 0 Å². The molecule has 20 heavy (non-hydrogen) atoms. The average molecular weight is 302 g/mol. The van der Waals surface area contributed by atoms with Crippen molar-refractivity contribution in [3.05, 3.63) is 0 Å². The van der Waals surface area contributed by atoms with E-state index in [1.807, 2.05) is 0 Å². The van der Waals surface area contributed by atoms with Gasteiger partial charge in [-0.2, -0.15) is 8.78 Å². The van der Waals surface area contributed by atoms with Crippen LogP contribution in [0.1, 0.15) is 13.8 Å². The number of amides is 2. The predicted octanol–water partition coefficient (Wildman–Crippen LogP) is 0.325. The van der Waals surface area contributed by atoms with E-state index in [-0.39, 0.29) is 11.4 Å². The number of carboxylic acid groups (broad SMARTS) is 1. The van der Waals surface area contributed by atoms with Crippen LogP contribution in [0.3, 0.4) is 0 Å². The summed E-state index contributed by atoms with van der Waals surface area (Å²) in [5.41, 5.74) is 0. The minimum Gasteiger partial charge on any atom is -0.480 e. The zero-order valence-electron chi connectivity index (χ0n) is 10.7. The number of carboxylic acids is 1. The summed E-state index contributed by atoms with van der Waals surface area (Å²) in [5.74, 6) is -9.46. The summed E-state index contributed by atoms with van der Waals surface area (Å²) in [6.07, 6.45) is -4.25. The van der Waals surface area contributed by atoms with Gasteiger partial charge in [-0.1, -0.05) is 0 Å². The van der Waals surface area contributed by atoms with Crippen molar-refractivity contribution in [1.82, 2.24) is 10.2 Å². The van der Waals surface area contributed by atoms with Gasteiger partial charge < -0.3 is 15.3 Å². The molecule has 0 aromatic carbocycles. The summed E-state index contributed by atoms with van der Waals surface area (Å²) in [5, 5.41) is 10.8. The molecule has 0 bridgehead atoms. The topological polar surface area (TPSA) is 86.7 Å². The van der Waals surface area contributed by atoms with Crippen LogP contribution < -0.4 is 5.32 Å². The van der Waals surface area contributed by atoms with Crippen LogP contribution in [-0.4, -0.2) is 59.3 Å². The second kappa shape index (κ2) is 7.06. The first-order valence-electron chi connectivity index (χ1n) is 5.46. The molecular formula is C10H14F4N2O4. The zero-order valence-corrected chi connectivity index (χ0v) is 10.7. The molecule has 0 spiro atoms. The molecule has 116 valence electrons. The third-order valence-corrected chi connectivity index (χ3v) is 2.37. The Morgan fingerprint density at radius 3 is 2.15 bits per heavy atom. The first-order valence-corrected chi connectivity index (χ1v) is 5.46. The zero-order chi connectivity index (χ0) is 16.1. The number of nitrogens with zero attached hydrogens (tertiary/aromatic N) is 1. The first-order chi connectivity index (χ1) is 9.01. The highest BCUT2D eigenvalue weighted by molar-refractivity contribution is 5.88. The Hall–Kier alpha value is -1.87. The second-order valence-electron chi connectivity index (χ2n) is 3.92. The van der Waals surface area contributed by atoms with E-state index in [9.17, 15) is 31.9 Å². The number of carbonyl (C=O) groups excluding carboxylic acids is 2. The Kier molecular flexibility index (Phi) is 6.40. The van der Waals surface area contributed by atoms with Crippen molar-refractivity contribution in [3.8, 4) is 0 Å². The highest BCUT2D eigenvalue weighted by Gasteiger charge is 2.52. The molecule has 0 aliphatic carbocycles. The number of hydrogen-bond acceptors (Lipinski definition) is 3. The van der Waals surface area contributed by atoms with Gasteiger partial charge in [-0.15, -0.1) is 0 Å². The number of alkyl halides is 4. The van der Waals surface area contributed by atoms with Gasteiger partial charge in [-0.05, 0) is 6.92 Å². The van der Waals surface area contributed by atoms with Crippen molar-refractivity contribution < 1.29 is 37.1 Å². The maximum Gasteiger partial charge on any atom is 0.383 e. The van der Waals surface area contributed by atoms with E-state index in [1.54, 1.807) is 0 Å². The molecule has 6 nitrogen and oxygen atoms in total. The van der Waals surface area contributed by atoms with Gasteiger partial charge in [0.15, 0.2) is 0 Å². The van der Waals surface area contributed by atoms with Gasteiger partial charge in [0.2, 0.25) is 5.91 Å². The van der Waals surface area contributed by atoms with Crippen LogP contribution in [0.5, 0.6) is 0 Å². The van der Waals surface area contributed by atoms with Crippen molar-refractivity contribution in [2.45, 2.75) is 32.2 Å². The molecule has 0 saturated carbocycles. The number of aliphatic carboxylic acids is 1. The van der Waals surface area contributed by atoms with Gasteiger partial charge >= 0.3 is 18.3 Å². The fraction of sp³-hybridized carbons (Fsp3) is 0.700. The Bertz CT molecular complexity index is 389. The lowest BCUT2D eigenvalue weighted by Crippen LogP contribution is -2.54. The summed E-state index contributed by atoms with van der Waals surface area (Å²) in [6, 6.07) is -1.74. The molecule has 0 radical (unpaired) electrons. The Morgan fingerprint density at radius 1 is 1.30 bits per heavy atom. The Morgan fingerprint density at radius 2 is 1.80 bits per heavy atom. The lowest BCUT2D eigenvalue weighted by molar-refractivity contribution is -0.184. The van der Waals surface area contributed by atoms with E-state index in [4.69, 9.17) is 5.11 Å². The monoisotopic (exact) mass is 302 g/mol. The number of halogens is 4. The largest absolute Gasteiger partial charge is 0.480 e. The van der Waals surface area contributed by atoms with Crippen LogP contribution in [0.4, 0.5) is 17.6 Å². The summed E-state index contributed by atoms with van der Waals surface area (Å²) in [7, 11) is 0.